The first-order valence-corrected chi connectivity index (χ1v) is 5.26. The Hall–Kier alpha value is -0.990. The molecule has 0 radical (unpaired) electrons. The molecule has 82 valence electrons. The van der Waals surface area contributed by atoms with Gasteiger partial charge in [0.15, 0.2) is 0 Å². The van der Waals surface area contributed by atoms with E-state index in [1.54, 1.807) is 6.20 Å². The lowest BCUT2D eigenvalue weighted by Crippen LogP contribution is -2.33. The highest BCUT2D eigenvalue weighted by Crippen LogP contribution is 1.96. The number of amides is 2. The number of carbonyl (C=O) groups excluding carboxylic acids is 1. The summed E-state index contributed by atoms with van der Waals surface area (Å²) in [6.45, 7) is 9.07. The first-order valence-electron chi connectivity index (χ1n) is 5.26. The maximum Gasteiger partial charge on any atom is 0.318 e. The summed E-state index contributed by atoms with van der Waals surface area (Å²) in [6, 6.07) is -0.113. The van der Waals surface area contributed by atoms with Crippen molar-refractivity contribution in [1.29, 1.82) is 0 Å². The molecule has 2 N–H and O–H groups in total. The number of hydrogen-bond donors (Lipinski definition) is 2. The SMILES string of the molecule is CC/C(C)=C/NC(=O)NCCC(C)C. The Bertz CT molecular complexity index is 197. The molecule has 0 aliphatic heterocycles. The zero-order valence-electron chi connectivity index (χ0n) is 9.68. The van der Waals surface area contributed by atoms with Crippen molar-refractivity contribution >= 4 is 6.03 Å². The fraction of sp³-hybridized carbons (Fsp3) is 0.727. The van der Waals surface area contributed by atoms with Gasteiger partial charge in [0.05, 0.1) is 0 Å². The second-order valence-electron chi connectivity index (χ2n) is 3.93. The molecule has 14 heavy (non-hydrogen) atoms. The van der Waals surface area contributed by atoms with E-state index in [1.807, 2.05) is 6.92 Å². The molecule has 0 bridgehead atoms. The minimum Gasteiger partial charge on any atom is -0.338 e. The Kier molecular flexibility index (Phi) is 6.89. The summed E-state index contributed by atoms with van der Waals surface area (Å²) < 4.78 is 0. The molecule has 0 atom stereocenters. The van der Waals surface area contributed by atoms with Crippen LogP contribution in [-0.2, 0) is 0 Å². The highest BCUT2D eigenvalue weighted by atomic mass is 16.2. The monoisotopic (exact) mass is 198 g/mol. The van der Waals surface area contributed by atoms with Crippen LogP contribution in [0.5, 0.6) is 0 Å². The maximum absolute atomic E-state index is 11.2. The second kappa shape index (κ2) is 7.42. The van der Waals surface area contributed by atoms with Gasteiger partial charge in [-0.25, -0.2) is 4.79 Å². The van der Waals surface area contributed by atoms with Crippen molar-refractivity contribution < 1.29 is 4.79 Å². The summed E-state index contributed by atoms with van der Waals surface area (Å²) in [5.41, 5.74) is 1.17. The van der Waals surface area contributed by atoms with Gasteiger partial charge in [0, 0.05) is 12.7 Å². The number of allylic oxidation sites excluding steroid dienone is 1. The van der Waals surface area contributed by atoms with Gasteiger partial charge in [0.25, 0.3) is 0 Å². The van der Waals surface area contributed by atoms with Crippen molar-refractivity contribution in [2.45, 2.75) is 40.5 Å². The summed E-state index contributed by atoms with van der Waals surface area (Å²) >= 11 is 0. The Labute approximate surface area is 87.0 Å². The zero-order chi connectivity index (χ0) is 11.0. The number of urea groups is 1. The summed E-state index contributed by atoms with van der Waals surface area (Å²) in [6.07, 6.45) is 3.74. The third-order valence-corrected chi connectivity index (χ3v) is 2.01. The number of carbonyl (C=O) groups is 1. The molecule has 0 spiro atoms. The first-order chi connectivity index (χ1) is 6.56. The normalized spacial score (nSPS) is 11.6. The molecule has 3 heteroatoms. The summed E-state index contributed by atoms with van der Waals surface area (Å²) in [5, 5.41) is 5.49. The Balaban J connectivity index is 3.56. The van der Waals surface area contributed by atoms with Crippen molar-refractivity contribution in [3.05, 3.63) is 11.8 Å². The van der Waals surface area contributed by atoms with Crippen molar-refractivity contribution in [2.24, 2.45) is 5.92 Å². The molecule has 0 saturated heterocycles. The van der Waals surface area contributed by atoms with Crippen LogP contribution in [0.2, 0.25) is 0 Å². The zero-order valence-corrected chi connectivity index (χ0v) is 9.68. The molecule has 0 aliphatic carbocycles. The Morgan fingerprint density at radius 3 is 2.57 bits per heavy atom. The molecule has 2 amide bonds. The van der Waals surface area contributed by atoms with E-state index in [0.717, 1.165) is 19.4 Å². The molecule has 0 aromatic rings. The van der Waals surface area contributed by atoms with Gasteiger partial charge in [-0.05, 0) is 25.7 Å². The van der Waals surface area contributed by atoms with Gasteiger partial charge in [-0.15, -0.1) is 0 Å². The average Bonchev–Trinajstić information content (AvgIpc) is 2.13. The standard InChI is InChI=1S/C11H22N2O/c1-5-10(4)8-13-11(14)12-7-6-9(2)3/h8-9H,5-7H2,1-4H3,(H2,12,13,14)/b10-8+. The van der Waals surface area contributed by atoms with E-state index in [-0.39, 0.29) is 6.03 Å². The van der Waals surface area contributed by atoms with Gasteiger partial charge in [0.2, 0.25) is 0 Å². The Morgan fingerprint density at radius 1 is 1.43 bits per heavy atom. The van der Waals surface area contributed by atoms with Gasteiger partial charge in [-0.1, -0.05) is 26.3 Å². The van der Waals surface area contributed by atoms with Crippen LogP contribution in [0, 0.1) is 5.92 Å². The summed E-state index contributed by atoms with van der Waals surface area (Å²) in [7, 11) is 0. The largest absolute Gasteiger partial charge is 0.338 e. The predicted molar refractivity (Wildman–Crippen MR) is 60.0 cm³/mol. The maximum atomic E-state index is 11.2. The van der Waals surface area contributed by atoms with Crippen LogP contribution in [0.15, 0.2) is 11.8 Å². The van der Waals surface area contributed by atoms with Crippen LogP contribution in [0.1, 0.15) is 40.5 Å². The van der Waals surface area contributed by atoms with Crippen molar-refractivity contribution in [3.8, 4) is 0 Å². The van der Waals surface area contributed by atoms with Crippen LogP contribution in [0.4, 0.5) is 4.79 Å². The Morgan fingerprint density at radius 2 is 2.07 bits per heavy atom. The van der Waals surface area contributed by atoms with E-state index in [9.17, 15) is 4.79 Å². The molecule has 0 unspecified atom stereocenters. The fourth-order valence-corrected chi connectivity index (χ4v) is 0.816. The van der Waals surface area contributed by atoms with Gasteiger partial charge >= 0.3 is 6.03 Å². The fourth-order valence-electron chi connectivity index (χ4n) is 0.816. The van der Waals surface area contributed by atoms with Crippen LogP contribution >= 0.6 is 0 Å². The van der Waals surface area contributed by atoms with Crippen LogP contribution < -0.4 is 10.6 Å². The number of rotatable bonds is 5. The van der Waals surface area contributed by atoms with Crippen molar-refractivity contribution in [1.82, 2.24) is 10.6 Å². The van der Waals surface area contributed by atoms with E-state index < -0.39 is 0 Å². The van der Waals surface area contributed by atoms with Crippen molar-refractivity contribution in [3.63, 3.8) is 0 Å². The summed E-state index contributed by atoms with van der Waals surface area (Å²) in [5.74, 6) is 0.628. The molecule has 0 aliphatic rings. The quantitative estimate of drug-likeness (QED) is 0.700. The molecular weight excluding hydrogens is 176 g/mol. The molecule has 3 nitrogen and oxygen atoms in total. The van der Waals surface area contributed by atoms with Crippen LogP contribution in [0.25, 0.3) is 0 Å². The molecule has 0 fully saturated rings. The van der Waals surface area contributed by atoms with Crippen LogP contribution in [0.3, 0.4) is 0 Å². The van der Waals surface area contributed by atoms with Crippen LogP contribution in [-0.4, -0.2) is 12.6 Å². The van der Waals surface area contributed by atoms with E-state index >= 15 is 0 Å². The highest BCUT2D eigenvalue weighted by Gasteiger charge is 1.98. The molecule has 0 aromatic heterocycles. The van der Waals surface area contributed by atoms with E-state index in [1.165, 1.54) is 5.57 Å². The van der Waals surface area contributed by atoms with E-state index in [0.29, 0.717) is 5.92 Å². The molecular formula is C11H22N2O. The number of hydrogen-bond acceptors (Lipinski definition) is 1. The highest BCUT2D eigenvalue weighted by molar-refractivity contribution is 5.74. The van der Waals surface area contributed by atoms with E-state index in [2.05, 4.69) is 31.4 Å². The second-order valence-corrected chi connectivity index (χ2v) is 3.93. The minimum absolute atomic E-state index is 0.113. The van der Waals surface area contributed by atoms with Gasteiger partial charge < -0.3 is 10.6 Å². The lowest BCUT2D eigenvalue weighted by molar-refractivity contribution is 0.243. The molecule has 0 aromatic carbocycles. The topological polar surface area (TPSA) is 41.1 Å². The van der Waals surface area contributed by atoms with E-state index in [4.69, 9.17) is 0 Å². The molecule has 0 rings (SSSR count). The summed E-state index contributed by atoms with van der Waals surface area (Å²) in [4.78, 5) is 11.2. The van der Waals surface area contributed by atoms with Gasteiger partial charge in [-0.3, -0.25) is 0 Å². The number of nitrogens with one attached hydrogen (secondary N) is 2. The predicted octanol–water partition coefficient (Wildman–Crippen LogP) is 2.65. The smallest absolute Gasteiger partial charge is 0.318 e. The van der Waals surface area contributed by atoms with Gasteiger partial charge in [-0.2, -0.15) is 0 Å². The van der Waals surface area contributed by atoms with Gasteiger partial charge in [0.1, 0.15) is 0 Å². The minimum atomic E-state index is -0.113. The van der Waals surface area contributed by atoms with Crippen molar-refractivity contribution in [2.75, 3.05) is 6.54 Å². The third kappa shape index (κ3) is 7.65. The lowest BCUT2D eigenvalue weighted by atomic mass is 10.1. The first kappa shape index (κ1) is 13.0. The molecule has 0 saturated carbocycles. The third-order valence-electron chi connectivity index (χ3n) is 2.01. The average molecular weight is 198 g/mol. The molecule has 0 heterocycles. The lowest BCUT2D eigenvalue weighted by Gasteiger charge is -2.06.